The van der Waals surface area contributed by atoms with Gasteiger partial charge < -0.3 is 4.52 Å². The van der Waals surface area contributed by atoms with Crippen LogP contribution in [0.25, 0.3) is 5.69 Å². The van der Waals surface area contributed by atoms with Crippen LogP contribution in [-0.2, 0) is 13.1 Å². The van der Waals surface area contributed by atoms with Gasteiger partial charge in [0, 0.05) is 13.2 Å². The molecule has 0 atom stereocenters. The van der Waals surface area contributed by atoms with Crippen molar-refractivity contribution in [1.82, 2.24) is 29.1 Å². The summed E-state index contributed by atoms with van der Waals surface area (Å²) in [5.74, 6) is 0.678. The summed E-state index contributed by atoms with van der Waals surface area (Å²) in [6, 6.07) is 0. The highest BCUT2D eigenvalue weighted by Crippen LogP contribution is 2.14. The lowest BCUT2D eigenvalue weighted by Gasteiger charge is -2.10. The van der Waals surface area contributed by atoms with Crippen molar-refractivity contribution in [2.75, 3.05) is 0 Å². The normalized spacial score (nSPS) is 13.7. The third-order valence-electron chi connectivity index (χ3n) is 4.88. The van der Waals surface area contributed by atoms with Crippen LogP contribution in [0.5, 0.6) is 0 Å². The Morgan fingerprint density at radius 3 is 2.69 bits per heavy atom. The van der Waals surface area contributed by atoms with Gasteiger partial charge in [-0.05, 0) is 32.3 Å². The van der Waals surface area contributed by atoms with E-state index in [1.807, 2.05) is 25.2 Å². The molecule has 10 heteroatoms. The fourth-order valence-corrected chi connectivity index (χ4v) is 3.29. The highest BCUT2D eigenvalue weighted by atomic mass is 16.5. The van der Waals surface area contributed by atoms with Crippen LogP contribution in [0.15, 0.2) is 55.1 Å². The topological polar surface area (TPSA) is 121 Å². The molecule has 0 fully saturated rings. The number of aryl methyl sites for hydroxylation is 2. The van der Waals surface area contributed by atoms with Crippen LogP contribution in [-0.4, -0.2) is 29.1 Å². The predicted octanol–water partition coefficient (Wildman–Crippen LogP) is 1.06. The summed E-state index contributed by atoms with van der Waals surface area (Å²) in [5, 5.41) is 8.13. The first-order valence-electron chi connectivity index (χ1n) is 9.20. The van der Waals surface area contributed by atoms with E-state index >= 15 is 0 Å². The lowest BCUT2D eigenvalue weighted by molar-refractivity contribution is 0.391. The molecule has 4 rings (SSSR count). The van der Waals surface area contributed by atoms with E-state index in [0.29, 0.717) is 12.3 Å². The molecule has 0 saturated heterocycles. The Hall–Kier alpha value is -3.69. The minimum atomic E-state index is -0.804. The number of nitrogens with one attached hydrogen (secondary N) is 1. The van der Waals surface area contributed by atoms with Crippen molar-refractivity contribution in [3.63, 3.8) is 0 Å². The first kappa shape index (κ1) is 18.7. The minimum absolute atomic E-state index is 0. The fraction of sp³-hybridized carbons (Fsp3) is 0.316. The van der Waals surface area contributed by atoms with Crippen molar-refractivity contribution in [2.45, 2.75) is 39.8 Å². The molecular weight excluding hydrogens is 376 g/mol. The Bertz CT molecular complexity index is 1280. The summed E-state index contributed by atoms with van der Waals surface area (Å²) in [6.07, 6.45) is 10.6. The Morgan fingerprint density at radius 2 is 2.00 bits per heavy atom. The zero-order chi connectivity index (χ0) is 20.5. The Morgan fingerprint density at radius 1 is 1.17 bits per heavy atom. The second kappa shape index (κ2) is 7.38. The van der Waals surface area contributed by atoms with Crippen LogP contribution in [0.2, 0.25) is 0 Å². The maximum absolute atomic E-state index is 12.9. The van der Waals surface area contributed by atoms with Gasteiger partial charge in [0.15, 0.2) is 0 Å². The van der Waals surface area contributed by atoms with Crippen molar-refractivity contribution < 1.29 is 5.95 Å². The molecule has 0 radical (unpaired) electrons. The molecule has 0 spiro atoms. The van der Waals surface area contributed by atoms with E-state index < -0.39 is 17.1 Å². The second-order valence-electron chi connectivity index (χ2n) is 6.90. The molecule has 0 amide bonds. The molecule has 29 heavy (non-hydrogen) atoms. The zero-order valence-corrected chi connectivity index (χ0v) is 16.1. The maximum atomic E-state index is 12.9. The molecule has 3 aromatic rings. The van der Waals surface area contributed by atoms with Crippen LogP contribution in [0.4, 0.5) is 0 Å². The monoisotopic (exact) mass is 398 g/mol. The number of aromatic amines is 1. The molecule has 3 aromatic heterocycles. The highest BCUT2D eigenvalue weighted by Gasteiger charge is 2.15. The summed E-state index contributed by atoms with van der Waals surface area (Å²) < 4.78 is 8.64. The van der Waals surface area contributed by atoms with Crippen LogP contribution in [0.1, 0.15) is 31.3 Å². The third kappa shape index (κ3) is 3.56. The second-order valence-corrected chi connectivity index (χ2v) is 6.90. The van der Waals surface area contributed by atoms with E-state index in [1.54, 1.807) is 17.8 Å². The summed E-state index contributed by atoms with van der Waals surface area (Å²) >= 11 is 0. The lowest BCUT2D eigenvalue weighted by atomic mass is 10.1. The standard InChI is InChI=1S/C19H20N6O4.H2/c1-12-16(13(2)29-22-12)11-23-10-15(8-20-23)25-18(27)21-17(26)24(19(25)28)9-14-6-4-3-5-7-14;/h4,6-8,10H,3,5,9,11H2,1-2H3,(H,21,26,27);1H. The van der Waals surface area contributed by atoms with Crippen molar-refractivity contribution in [2.24, 2.45) is 0 Å². The molecule has 0 unspecified atom stereocenters. The van der Waals surface area contributed by atoms with Gasteiger partial charge in [-0.2, -0.15) is 5.10 Å². The molecule has 0 bridgehead atoms. The van der Waals surface area contributed by atoms with E-state index in [4.69, 9.17) is 4.52 Å². The summed E-state index contributed by atoms with van der Waals surface area (Å²) in [4.78, 5) is 39.7. The zero-order valence-electron chi connectivity index (χ0n) is 16.1. The van der Waals surface area contributed by atoms with Gasteiger partial charge in [0.2, 0.25) is 0 Å². The van der Waals surface area contributed by atoms with E-state index in [2.05, 4.69) is 15.2 Å². The average Bonchev–Trinajstić information content (AvgIpc) is 3.28. The molecule has 1 aliphatic carbocycles. The van der Waals surface area contributed by atoms with Crippen LogP contribution >= 0.6 is 0 Å². The quantitative estimate of drug-likeness (QED) is 0.686. The Kier molecular flexibility index (Phi) is 4.75. The van der Waals surface area contributed by atoms with Gasteiger partial charge in [-0.3, -0.25) is 9.67 Å². The van der Waals surface area contributed by atoms with E-state index in [-0.39, 0.29) is 13.7 Å². The minimum Gasteiger partial charge on any atom is -0.361 e. The maximum Gasteiger partial charge on any atom is 0.341 e. The summed E-state index contributed by atoms with van der Waals surface area (Å²) in [5.41, 5.74) is 0.489. The summed E-state index contributed by atoms with van der Waals surface area (Å²) in [7, 11) is 0. The number of hydrogen-bond donors (Lipinski definition) is 1. The fourth-order valence-electron chi connectivity index (χ4n) is 3.29. The average molecular weight is 398 g/mol. The molecule has 0 aliphatic heterocycles. The largest absolute Gasteiger partial charge is 0.361 e. The number of rotatable bonds is 5. The predicted molar refractivity (Wildman–Crippen MR) is 106 cm³/mol. The van der Waals surface area contributed by atoms with Crippen molar-refractivity contribution in [3.05, 3.63) is 84.7 Å². The van der Waals surface area contributed by atoms with Crippen LogP contribution in [0, 0.1) is 13.8 Å². The smallest absolute Gasteiger partial charge is 0.341 e. The number of allylic oxidation sites excluding steroid dienone is 4. The molecule has 0 saturated carbocycles. The van der Waals surface area contributed by atoms with Gasteiger partial charge in [0.25, 0.3) is 0 Å². The SMILES string of the molecule is Cc1noc(C)c1Cn1cc(-n2c(=O)[nH]c(=O)n(CC3=CCCC=C3)c2=O)cn1.[HH]. The van der Waals surface area contributed by atoms with Crippen molar-refractivity contribution in [1.29, 1.82) is 0 Å². The number of hydrogen-bond acceptors (Lipinski definition) is 6. The Balaban J connectivity index is 0.00000256. The number of H-pyrrole nitrogens is 1. The van der Waals surface area contributed by atoms with E-state index in [9.17, 15) is 14.4 Å². The van der Waals surface area contributed by atoms with Crippen molar-refractivity contribution in [3.8, 4) is 5.69 Å². The number of nitrogens with zero attached hydrogens (tertiary/aromatic N) is 5. The molecule has 3 heterocycles. The number of aromatic nitrogens is 6. The van der Waals surface area contributed by atoms with Gasteiger partial charge in [-0.1, -0.05) is 23.4 Å². The van der Waals surface area contributed by atoms with Gasteiger partial charge in [-0.25, -0.2) is 23.5 Å². The van der Waals surface area contributed by atoms with Gasteiger partial charge >= 0.3 is 17.1 Å². The molecular formula is C19H22N6O4. The lowest BCUT2D eigenvalue weighted by Crippen LogP contribution is -2.48. The third-order valence-corrected chi connectivity index (χ3v) is 4.88. The molecule has 152 valence electrons. The van der Waals surface area contributed by atoms with Crippen LogP contribution in [0.3, 0.4) is 0 Å². The molecule has 0 aromatic carbocycles. The first-order valence-corrected chi connectivity index (χ1v) is 9.20. The van der Waals surface area contributed by atoms with Crippen LogP contribution < -0.4 is 17.1 Å². The Labute approximate surface area is 165 Å². The van der Waals surface area contributed by atoms with Gasteiger partial charge in [0.1, 0.15) is 5.76 Å². The first-order chi connectivity index (χ1) is 13.9. The molecule has 1 N–H and O–H groups in total. The molecule has 1 aliphatic rings. The highest BCUT2D eigenvalue weighted by molar-refractivity contribution is 5.27. The van der Waals surface area contributed by atoms with Crippen molar-refractivity contribution >= 4 is 0 Å². The van der Waals surface area contributed by atoms with Gasteiger partial charge in [-0.15, -0.1) is 0 Å². The summed E-state index contributed by atoms with van der Waals surface area (Å²) in [6.45, 7) is 4.11. The molecule has 10 nitrogen and oxygen atoms in total. The van der Waals surface area contributed by atoms with Gasteiger partial charge in [0.05, 0.1) is 30.7 Å². The van der Waals surface area contributed by atoms with E-state index in [1.165, 1.54) is 6.20 Å². The van der Waals surface area contributed by atoms with E-state index in [0.717, 1.165) is 38.8 Å².